The molecule has 1 fully saturated rings. The lowest BCUT2D eigenvalue weighted by Crippen LogP contribution is -2.34. The summed E-state index contributed by atoms with van der Waals surface area (Å²) in [6.45, 7) is -0.405. The number of rotatable bonds is 2. The zero-order valence-electron chi connectivity index (χ0n) is 8.67. The number of aromatic nitrogens is 2. The summed E-state index contributed by atoms with van der Waals surface area (Å²) in [6.07, 6.45) is -1.90. The van der Waals surface area contributed by atoms with Gasteiger partial charge in [-0.05, 0) is 0 Å². The fourth-order valence-corrected chi connectivity index (χ4v) is 1.72. The SMILES string of the molecule is O=c1[nH]c(=O)n([C@H]2C[C@@H](O)C(CO)O2)cc1F. The van der Waals surface area contributed by atoms with E-state index in [2.05, 4.69) is 0 Å². The number of hydrogen-bond acceptors (Lipinski definition) is 5. The topological polar surface area (TPSA) is 105 Å². The van der Waals surface area contributed by atoms with E-state index in [-0.39, 0.29) is 6.42 Å². The molecule has 8 heteroatoms. The normalized spacial score (nSPS) is 28.5. The molecule has 1 aliphatic rings. The molecule has 0 bridgehead atoms. The number of aromatic amines is 1. The van der Waals surface area contributed by atoms with Gasteiger partial charge in [-0.3, -0.25) is 14.3 Å². The van der Waals surface area contributed by atoms with Crippen LogP contribution in [0.5, 0.6) is 0 Å². The highest BCUT2D eigenvalue weighted by Gasteiger charge is 2.35. The Kier molecular flexibility index (Phi) is 3.09. The quantitative estimate of drug-likeness (QED) is 0.578. The predicted molar refractivity (Wildman–Crippen MR) is 52.9 cm³/mol. The highest BCUT2D eigenvalue weighted by Crippen LogP contribution is 2.26. The molecule has 17 heavy (non-hydrogen) atoms. The molecular weight excluding hydrogens is 235 g/mol. The van der Waals surface area contributed by atoms with E-state index in [1.54, 1.807) is 4.98 Å². The molecule has 2 heterocycles. The number of hydrogen-bond donors (Lipinski definition) is 3. The first-order valence-electron chi connectivity index (χ1n) is 4.98. The van der Waals surface area contributed by atoms with Crippen molar-refractivity contribution in [2.24, 2.45) is 0 Å². The van der Waals surface area contributed by atoms with Gasteiger partial charge in [0.15, 0.2) is 0 Å². The first-order chi connectivity index (χ1) is 8.02. The monoisotopic (exact) mass is 246 g/mol. The number of ether oxygens (including phenoxy) is 1. The van der Waals surface area contributed by atoms with E-state index < -0.39 is 42.1 Å². The molecule has 0 aliphatic carbocycles. The molecule has 1 aromatic rings. The van der Waals surface area contributed by atoms with Crippen molar-refractivity contribution in [3.05, 3.63) is 32.9 Å². The Hall–Kier alpha value is -1.51. The van der Waals surface area contributed by atoms with Gasteiger partial charge in [-0.25, -0.2) is 4.79 Å². The number of halogens is 1. The van der Waals surface area contributed by atoms with Gasteiger partial charge in [0, 0.05) is 6.42 Å². The van der Waals surface area contributed by atoms with Crippen LogP contribution in [0, 0.1) is 5.82 Å². The van der Waals surface area contributed by atoms with Crippen molar-refractivity contribution in [3.8, 4) is 0 Å². The van der Waals surface area contributed by atoms with E-state index in [1.807, 2.05) is 0 Å². The average molecular weight is 246 g/mol. The van der Waals surface area contributed by atoms with Crippen molar-refractivity contribution >= 4 is 0 Å². The van der Waals surface area contributed by atoms with Crippen molar-refractivity contribution in [3.63, 3.8) is 0 Å². The fourth-order valence-electron chi connectivity index (χ4n) is 1.72. The summed E-state index contributed by atoms with van der Waals surface area (Å²) in [5, 5.41) is 18.3. The van der Waals surface area contributed by atoms with E-state index >= 15 is 0 Å². The molecule has 0 radical (unpaired) electrons. The zero-order valence-corrected chi connectivity index (χ0v) is 8.67. The minimum Gasteiger partial charge on any atom is -0.394 e. The lowest BCUT2D eigenvalue weighted by molar-refractivity contribution is -0.0462. The van der Waals surface area contributed by atoms with Crippen LogP contribution in [0.1, 0.15) is 12.6 Å². The smallest absolute Gasteiger partial charge is 0.330 e. The second kappa shape index (κ2) is 4.40. The summed E-state index contributed by atoms with van der Waals surface area (Å²) in [5.74, 6) is -1.12. The van der Waals surface area contributed by atoms with Gasteiger partial charge in [-0.1, -0.05) is 0 Å². The van der Waals surface area contributed by atoms with Gasteiger partial charge in [0.25, 0.3) is 5.56 Å². The summed E-state index contributed by atoms with van der Waals surface area (Å²) in [7, 11) is 0. The second-order valence-corrected chi connectivity index (χ2v) is 3.76. The summed E-state index contributed by atoms with van der Waals surface area (Å²) < 4.78 is 19.0. The Bertz CT molecular complexity index is 525. The maximum atomic E-state index is 13.0. The van der Waals surface area contributed by atoms with Crippen molar-refractivity contribution in [1.82, 2.24) is 9.55 Å². The van der Waals surface area contributed by atoms with Crippen LogP contribution in [0.3, 0.4) is 0 Å². The third kappa shape index (κ3) is 2.14. The Balaban J connectivity index is 2.34. The van der Waals surface area contributed by atoms with E-state index in [4.69, 9.17) is 9.84 Å². The van der Waals surface area contributed by atoms with Crippen LogP contribution in [0.4, 0.5) is 4.39 Å². The van der Waals surface area contributed by atoms with Crippen LogP contribution < -0.4 is 11.2 Å². The molecule has 0 saturated carbocycles. The van der Waals surface area contributed by atoms with Crippen molar-refractivity contribution in [2.45, 2.75) is 24.9 Å². The van der Waals surface area contributed by atoms with Gasteiger partial charge in [-0.15, -0.1) is 0 Å². The van der Waals surface area contributed by atoms with Gasteiger partial charge >= 0.3 is 5.69 Å². The van der Waals surface area contributed by atoms with Crippen molar-refractivity contribution in [1.29, 1.82) is 0 Å². The Labute approximate surface area is 94.1 Å². The standard InChI is InChI=1S/C9H11FN2O5/c10-4-2-12(9(16)11-8(4)15)7-1-5(14)6(3-13)17-7/h2,5-7,13-14H,1,3H2,(H,11,15,16)/t5-,6?,7-/m1/s1. The van der Waals surface area contributed by atoms with Crippen LogP contribution in [0.2, 0.25) is 0 Å². The summed E-state index contributed by atoms with van der Waals surface area (Å²) in [4.78, 5) is 24.0. The first kappa shape index (κ1) is 12.0. The molecular formula is C9H11FN2O5. The lowest BCUT2D eigenvalue weighted by atomic mass is 10.2. The molecule has 0 spiro atoms. The molecule has 1 aromatic heterocycles. The van der Waals surface area contributed by atoms with Crippen molar-refractivity contribution in [2.75, 3.05) is 6.61 Å². The summed E-state index contributed by atoms with van der Waals surface area (Å²) >= 11 is 0. The van der Waals surface area contributed by atoms with E-state index in [0.717, 1.165) is 10.8 Å². The third-order valence-electron chi connectivity index (χ3n) is 2.62. The molecule has 0 aromatic carbocycles. The van der Waals surface area contributed by atoms with E-state index in [9.17, 15) is 19.1 Å². The largest absolute Gasteiger partial charge is 0.394 e. The molecule has 7 nitrogen and oxygen atoms in total. The Morgan fingerprint density at radius 3 is 2.88 bits per heavy atom. The van der Waals surface area contributed by atoms with Crippen LogP contribution in [-0.2, 0) is 4.74 Å². The maximum absolute atomic E-state index is 13.0. The first-order valence-corrected chi connectivity index (χ1v) is 4.98. The highest BCUT2D eigenvalue weighted by molar-refractivity contribution is 4.90. The Morgan fingerprint density at radius 1 is 1.59 bits per heavy atom. The minimum absolute atomic E-state index is 0.0383. The van der Waals surface area contributed by atoms with Crippen LogP contribution in [0.15, 0.2) is 15.8 Å². The molecule has 2 rings (SSSR count). The summed E-state index contributed by atoms with van der Waals surface area (Å²) in [6, 6.07) is 0. The van der Waals surface area contributed by atoms with Gasteiger partial charge in [0.05, 0.1) is 18.9 Å². The predicted octanol–water partition coefficient (Wildman–Crippen LogP) is -1.68. The zero-order chi connectivity index (χ0) is 12.6. The van der Waals surface area contributed by atoms with E-state index in [0.29, 0.717) is 0 Å². The molecule has 3 atom stereocenters. The fraction of sp³-hybridized carbons (Fsp3) is 0.556. The van der Waals surface area contributed by atoms with Crippen LogP contribution in [-0.4, -0.2) is 38.6 Å². The third-order valence-corrected chi connectivity index (χ3v) is 2.62. The number of aliphatic hydroxyl groups is 2. The second-order valence-electron chi connectivity index (χ2n) is 3.76. The van der Waals surface area contributed by atoms with Gasteiger partial charge in [-0.2, -0.15) is 4.39 Å². The van der Waals surface area contributed by atoms with E-state index in [1.165, 1.54) is 0 Å². The minimum atomic E-state index is -1.12. The molecule has 1 saturated heterocycles. The molecule has 1 unspecified atom stereocenters. The molecule has 1 aliphatic heterocycles. The summed E-state index contributed by atoms with van der Waals surface area (Å²) in [5.41, 5.74) is -1.93. The van der Waals surface area contributed by atoms with Gasteiger partial charge in [0.2, 0.25) is 5.82 Å². The lowest BCUT2D eigenvalue weighted by Gasteiger charge is -2.13. The number of nitrogens with zero attached hydrogens (tertiary/aromatic N) is 1. The van der Waals surface area contributed by atoms with Gasteiger partial charge < -0.3 is 14.9 Å². The van der Waals surface area contributed by atoms with Crippen LogP contribution >= 0.6 is 0 Å². The van der Waals surface area contributed by atoms with Crippen molar-refractivity contribution < 1.29 is 19.3 Å². The number of nitrogens with one attached hydrogen (secondary N) is 1. The molecule has 3 N–H and O–H groups in total. The average Bonchev–Trinajstić information content (AvgIpc) is 2.65. The number of aliphatic hydroxyl groups excluding tert-OH is 2. The highest BCUT2D eigenvalue weighted by atomic mass is 19.1. The van der Waals surface area contributed by atoms with Gasteiger partial charge in [0.1, 0.15) is 12.3 Å². The van der Waals surface area contributed by atoms with Crippen LogP contribution in [0.25, 0.3) is 0 Å². The Morgan fingerprint density at radius 2 is 2.29 bits per heavy atom. The number of H-pyrrole nitrogens is 1. The molecule has 0 amide bonds. The molecule has 94 valence electrons. The maximum Gasteiger partial charge on any atom is 0.330 e.